The standard InChI is InChI=1S/C12H24N2O2/c1-4-9(2)7-14(3)8-11(12(15)16)13-10-5-6-10/h9-11,13H,4-8H2,1-3H3,(H,15,16). The summed E-state index contributed by atoms with van der Waals surface area (Å²) in [5.41, 5.74) is 0. The van der Waals surface area contributed by atoms with Gasteiger partial charge in [0.25, 0.3) is 0 Å². The lowest BCUT2D eigenvalue weighted by Gasteiger charge is -2.24. The van der Waals surface area contributed by atoms with Crippen molar-refractivity contribution in [2.75, 3.05) is 20.1 Å². The Morgan fingerprint density at radius 1 is 1.50 bits per heavy atom. The van der Waals surface area contributed by atoms with Gasteiger partial charge in [-0.25, -0.2) is 0 Å². The summed E-state index contributed by atoms with van der Waals surface area (Å²) in [5.74, 6) is -0.108. The summed E-state index contributed by atoms with van der Waals surface area (Å²) in [6.45, 7) is 5.92. The van der Waals surface area contributed by atoms with E-state index in [-0.39, 0.29) is 0 Å². The second kappa shape index (κ2) is 6.21. The van der Waals surface area contributed by atoms with Crippen LogP contribution in [0.1, 0.15) is 33.1 Å². The molecule has 2 atom stereocenters. The highest BCUT2D eigenvalue weighted by Gasteiger charge is 2.28. The van der Waals surface area contributed by atoms with Crippen molar-refractivity contribution in [3.8, 4) is 0 Å². The van der Waals surface area contributed by atoms with Gasteiger partial charge in [-0.1, -0.05) is 20.3 Å². The maximum atomic E-state index is 11.1. The van der Waals surface area contributed by atoms with Crippen LogP contribution in [-0.2, 0) is 4.79 Å². The first-order valence-electron chi connectivity index (χ1n) is 6.20. The molecule has 0 spiro atoms. The van der Waals surface area contributed by atoms with E-state index in [4.69, 9.17) is 5.11 Å². The summed E-state index contributed by atoms with van der Waals surface area (Å²) in [5, 5.41) is 12.3. The molecule has 0 heterocycles. The van der Waals surface area contributed by atoms with Crippen LogP contribution in [0.4, 0.5) is 0 Å². The minimum absolute atomic E-state index is 0.415. The van der Waals surface area contributed by atoms with Gasteiger partial charge >= 0.3 is 5.97 Å². The Labute approximate surface area is 98.0 Å². The normalized spacial score (nSPS) is 19.8. The van der Waals surface area contributed by atoms with Crippen LogP contribution in [0.3, 0.4) is 0 Å². The molecule has 4 heteroatoms. The van der Waals surface area contributed by atoms with Crippen molar-refractivity contribution in [3.63, 3.8) is 0 Å². The average molecular weight is 228 g/mol. The second-order valence-electron chi connectivity index (χ2n) is 5.07. The lowest BCUT2D eigenvalue weighted by Crippen LogP contribution is -2.46. The molecule has 2 unspecified atom stereocenters. The molecule has 1 aliphatic rings. The molecule has 16 heavy (non-hydrogen) atoms. The van der Waals surface area contributed by atoms with E-state index in [1.54, 1.807) is 0 Å². The molecule has 0 saturated heterocycles. The first-order chi connectivity index (χ1) is 7.52. The number of nitrogens with zero attached hydrogens (tertiary/aromatic N) is 1. The molecular formula is C12H24N2O2. The number of aliphatic carboxylic acids is 1. The van der Waals surface area contributed by atoms with Crippen molar-refractivity contribution in [1.29, 1.82) is 0 Å². The molecule has 0 aromatic rings. The number of hydrogen-bond acceptors (Lipinski definition) is 3. The van der Waals surface area contributed by atoms with Gasteiger partial charge in [-0.3, -0.25) is 4.79 Å². The van der Waals surface area contributed by atoms with Crippen LogP contribution in [-0.4, -0.2) is 48.2 Å². The van der Waals surface area contributed by atoms with Gasteiger partial charge in [-0.15, -0.1) is 0 Å². The van der Waals surface area contributed by atoms with Gasteiger partial charge in [0.2, 0.25) is 0 Å². The van der Waals surface area contributed by atoms with Crippen LogP contribution in [0.15, 0.2) is 0 Å². The zero-order valence-corrected chi connectivity index (χ0v) is 10.6. The fourth-order valence-electron chi connectivity index (χ4n) is 1.78. The molecule has 94 valence electrons. The Bertz CT molecular complexity index is 229. The van der Waals surface area contributed by atoms with E-state index in [1.807, 2.05) is 7.05 Å². The average Bonchev–Trinajstić information content (AvgIpc) is 3.00. The van der Waals surface area contributed by atoms with Crippen molar-refractivity contribution in [3.05, 3.63) is 0 Å². The van der Waals surface area contributed by atoms with E-state index < -0.39 is 12.0 Å². The van der Waals surface area contributed by atoms with Gasteiger partial charge in [0.15, 0.2) is 0 Å². The monoisotopic (exact) mass is 228 g/mol. The molecule has 0 amide bonds. The first kappa shape index (κ1) is 13.5. The summed E-state index contributed by atoms with van der Waals surface area (Å²) in [4.78, 5) is 13.2. The minimum atomic E-state index is -0.733. The predicted octanol–water partition coefficient (Wildman–Crippen LogP) is 1.17. The molecule has 1 fully saturated rings. The molecule has 1 aliphatic carbocycles. The van der Waals surface area contributed by atoms with Gasteiger partial charge in [0.05, 0.1) is 0 Å². The molecule has 1 rings (SSSR count). The maximum Gasteiger partial charge on any atom is 0.322 e. The fourth-order valence-corrected chi connectivity index (χ4v) is 1.78. The van der Waals surface area contributed by atoms with Crippen LogP contribution in [0.5, 0.6) is 0 Å². The predicted molar refractivity (Wildman–Crippen MR) is 64.5 cm³/mol. The highest BCUT2D eigenvalue weighted by Crippen LogP contribution is 2.19. The first-order valence-corrected chi connectivity index (χ1v) is 6.20. The third-order valence-electron chi connectivity index (χ3n) is 3.13. The second-order valence-corrected chi connectivity index (χ2v) is 5.07. The Kier molecular flexibility index (Phi) is 5.22. The molecule has 1 saturated carbocycles. The number of likely N-dealkylation sites (N-methyl/N-ethyl adjacent to an activating group) is 1. The van der Waals surface area contributed by atoms with Crippen molar-refractivity contribution < 1.29 is 9.90 Å². The topological polar surface area (TPSA) is 52.6 Å². The Morgan fingerprint density at radius 2 is 2.12 bits per heavy atom. The summed E-state index contributed by atoms with van der Waals surface area (Å²) in [6.07, 6.45) is 3.38. The Hall–Kier alpha value is -0.610. The fraction of sp³-hybridized carbons (Fsp3) is 0.917. The van der Waals surface area contributed by atoms with Crippen molar-refractivity contribution in [1.82, 2.24) is 10.2 Å². The zero-order valence-electron chi connectivity index (χ0n) is 10.6. The summed E-state index contributed by atoms with van der Waals surface area (Å²) < 4.78 is 0. The van der Waals surface area contributed by atoms with Gasteiger partial charge in [0, 0.05) is 19.1 Å². The highest BCUT2D eigenvalue weighted by molar-refractivity contribution is 5.73. The van der Waals surface area contributed by atoms with E-state index in [9.17, 15) is 4.79 Å². The smallest absolute Gasteiger partial charge is 0.322 e. The number of carboxylic acids is 1. The van der Waals surface area contributed by atoms with Gasteiger partial charge in [0.1, 0.15) is 6.04 Å². The van der Waals surface area contributed by atoms with Gasteiger partial charge in [-0.2, -0.15) is 0 Å². The highest BCUT2D eigenvalue weighted by atomic mass is 16.4. The maximum absolute atomic E-state index is 11.1. The lowest BCUT2D eigenvalue weighted by atomic mass is 10.1. The lowest BCUT2D eigenvalue weighted by molar-refractivity contribution is -0.140. The van der Waals surface area contributed by atoms with Crippen LogP contribution in [0, 0.1) is 5.92 Å². The van der Waals surface area contributed by atoms with E-state index in [0.717, 1.165) is 25.8 Å². The Morgan fingerprint density at radius 3 is 2.56 bits per heavy atom. The molecule has 0 aromatic carbocycles. The molecule has 0 aliphatic heterocycles. The zero-order chi connectivity index (χ0) is 12.1. The van der Waals surface area contributed by atoms with Crippen molar-refractivity contribution in [2.45, 2.75) is 45.2 Å². The van der Waals surface area contributed by atoms with Crippen molar-refractivity contribution in [2.24, 2.45) is 5.92 Å². The van der Waals surface area contributed by atoms with Crippen LogP contribution >= 0.6 is 0 Å². The summed E-state index contributed by atoms with van der Waals surface area (Å²) >= 11 is 0. The van der Waals surface area contributed by atoms with Crippen LogP contribution in [0.25, 0.3) is 0 Å². The van der Waals surface area contributed by atoms with E-state index in [2.05, 4.69) is 24.1 Å². The molecule has 0 aromatic heterocycles. The SMILES string of the molecule is CCC(C)CN(C)CC(NC1CC1)C(=O)O. The number of rotatable bonds is 8. The number of hydrogen-bond donors (Lipinski definition) is 2. The van der Waals surface area contributed by atoms with Crippen molar-refractivity contribution >= 4 is 5.97 Å². The van der Waals surface area contributed by atoms with E-state index in [0.29, 0.717) is 18.5 Å². The molecule has 0 radical (unpaired) electrons. The molecule has 2 N–H and O–H groups in total. The number of nitrogens with one attached hydrogen (secondary N) is 1. The number of carbonyl (C=O) groups is 1. The van der Waals surface area contributed by atoms with Gasteiger partial charge < -0.3 is 15.3 Å². The van der Waals surface area contributed by atoms with Gasteiger partial charge in [-0.05, 0) is 25.8 Å². The third-order valence-corrected chi connectivity index (χ3v) is 3.13. The quantitative estimate of drug-likeness (QED) is 0.655. The van der Waals surface area contributed by atoms with Crippen LogP contribution < -0.4 is 5.32 Å². The Balaban J connectivity index is 2.31. The molecular weight excluding hydrogens is 204 g/mol. The summed E-state index contributed by atoms with van der Waals surface area (Å²) in [6, 6.07) is 0.0275. The number of carboxylic acid groups (broad SMARTS) is 1. The largest absolute Gasteiger partial charge is 0.480 e. The van der Waals surface area contributed by atoms with E-state index in [1.165, 1.54) is 0 Å². The molecule has 0 bridgehead atoms. The van der Waals surface area contributed by atoms with Crippen LogP contribution in [0.2, 0.25) is 0 Å². The molecule has 4 nitrogen and oxygen atoms in total. The third kappa shape index (κ3) is 4.94. The van der Waals surface area contributed by atoms with E-state index >= 15 is 0 Å². The minimum Gasteiger partial charge on any atom is -0.480 e. The summed E-state index contributed by atoms with van der Waals surface area (Å²) in [7, 11) is 2.00.